The second kappa shape index (κ2) is 8.97. The van der Waals surface area contributed by atoms with Gasteiger partial charge < -0.3 is 14.8 Å². The lowest BCUT2D eigenvalue weighted by Gasteiger charge is -2.34. The highest BCUT2D eigenvalue weighted by molar-refractivity contribution is 4.83. The van der Waals surface area contributed by atoms with Crippen molar-refractivity contribution in [1.82, 2.24) is 5.32 Å². The fourth-order valence-corrected chi connectivity index (χ4v) is 2.19. The Morgan fingerprint density at radius 1 is 1.12 bits per heavy atom. The minimum absolute atomic E-state index is 0.270. The lowest BCUT2D eigenvalue weighted by molar-refractivity contribution is 0.0128. The van der Waals surface area contributed by atoms with E-state index < -0.39 is 0 Å². The van der Waals surface area contributed by atoms with Gasteiger partial charge in [-0.15, -0.1) is 0 Å². The van der Waals surface area contributed by atoms with Gasteiger partial charge in [0.1, 0.15) is 0 Å². The summed E-state index contributed by atoms with van der Waals surface area (Å²) in [5.41, 5.74) is 0. The molecule has 0 saturated carbocycles. The zero-order valence-corrected chi connectivity index (χ0v) is 11.7. The maximum Gasteiger partial charge on any atom is 0.0749 e. The Kier molecular flexibility index (Phi) is 8.90. The van der Waals surface area contributed by atoms with Crippen LogP contribution in [0.3, 0.4) is 0 Å². The molecule has 0 aliphatic carbocycles. The van der Waals surface area contributed by atoms with Crippen LogP contribution in [-0.2, 0) is 9.47 Å². The molecule has 3 unspecified atom stereocenters. The van der Waals surface area contributed by atoms with E-state index >= 15 is 0 Å². The number of hydrogen-bond donors (Lipinski definition) is 1. The molecule has 0 rings (SSSR count). The summed E-state index contributed by atoms with van der Waals surface area (Å²) in [7, 11) is 3.56. The average molecular weight is 231 g/mol. The Balaban J connectivity index is 4.42. The van der Waals surface area contributed by atoms with Crippen molar-refractivity contribution in [3.8, 4) is 0 Å². The minimum Gasteiger partial charge on any atom is -0.385 e. The molecule has 0 bridgehead atoms. The fraction of sp³-hybridized carbons (Fsp3) is 1.00. The van der Waals surface area contributed by atoms with Crippen LogP contribution < -0.4 is 5.32 Å². The van der Waals surface area contributed by atoms with Crippen molar-refractivity contribution >= 4 is 0 Å². The van der Waals surface area contributed by atoms with E-state index in [1.165, 1.54) is 0 Å². The maximum atomic E-state index is 5.62. The summed E-state index contributed by atoms with van der Waals surface area (Å²) in [6.07, 6.45) is 1.34. The molecule has 0 aromatic heterocycles. The highest BCUT2D eigenvalue weighted by Crippen LogP contribution is 2.19. The van der Waals surface area contributed by atoms with Gasteiger partial charge in [0.2, 0.25) is 0 Å². The fourth-order valence-electron chi connectivity index (χ4n) is 2.19. The molecule has 3 atom stereocenters. The van der Waals surface area contributed by atoms with E-state index in [1.807, 2.05) is 0 Å². The number of ether oxygens (including phenoxy) is 2. The van der Waals surface area contributed by atoms with Crippen molar-refractivity contribution in [2.45, 2.75) is 46.3 Å². The topological polar surface area (TPSA) is 30.5 Å². The first-order valence-corrected chi connectivity index (χ1v) is 6.33. The summed E-state index contributed by atoms with van der Waals surface area (Å²) in [6.45, 7) is 10.6. The maximum absolute atomic E-state index is 5.62. The number of nitrogens with one attached hydrogen (secondary N) is 1. The van der Waals surface area contributed by atoms with Gasteiger partial charge in [0.25, 0.3) is 0 Å². The van der Waals surface area contributed by atoms with Crippen LogP contribution in [0.5, 0.6) is 0 Å². The van der Waals surface area contributed by atoms with Crippen LogP contribution in [0.4, 0.5) is 0 Å². The van der Waals surface area contributed by atoms with Crippen LogP contribution >= 0.6 is 0 Å². The van der Waals surface area contributed by atoms with Crippen LogP contribution in [0.1, 0.15) is 34.1 Å². The smallest absolute Gasteiger partial charge is 0.0749 e. The van der Waals surface area contributed by atoms with Crippen molar-refractivity contribution < 1.29 is 9.47 Å². The van der Waals surface area contributed by atoms with Crippen LogP contribution in [0.2, 0.25) is 0 Å². The third-order valence-corrected chi connectivity index (χ3v) is 3.11. The third kappa shape index (κ3) is 5.28. The van der Waals surface area contributed by atoms with Crippen LogP contribution in [0, 0.1) is 11.8 Å². The number of likely N-dealkylation sites (N-methyl/N-ethyl adjacent to an activating group) is 1. The molecular weight excluding hydrogens is 202 g/mol. The van der Waals surface area contributed by atoms with Crippen molar-refractivity contribution in [2.24, 2.45) is 11.8 Å². The van der Waals surface area contributed by atoms with Gasteiger partial charge in [0, 0.05) is 26.9 Å². The van der Waals surface area contributed by atoms with Gasteiger partial charge in [-0.1, -0.05) is 27.7 Å². The van der Waals surface area contributed by atoms with Gasteiger partial charge in [-0.3, -0.25) is 0 Å². The second-order valence-electron chi connectivity index (χ2n) is 4.79. The van der Waals surface area contributed by atoms with Crippen LogP contribution in [-0.4, -0.2) is 39.5 Å². The monoisotopic (exact) mass is 231 g/mol. The third-order valence-electron chi connectivity index (χ3n) is 3.11. The molecule has 0 aliphatic heterocycles. The van der Waals surface area contributed by atoms with E-state index in [0.717, 1.165) is 19.6 Å². The largest absolute Gasteiger partial charge is 0.385 e. The summed E-state index contributed by atoms with van der Waals surface area (Å²) in [5, 5.41) is 3.54. The van der Waals surface area contributed by atoms with Gasteiger partial charge >= 0.3 is 0 Å². The number of hydrogen-bond acceptors (Lipinski definition) is 3. The van der Waals surface area contributed by atoms with Crippen molar-refractivity contribution in [3.63, 3.8) is 0 Å². The molecule has 0 aromatic carbocycles. The molecule has 0 radical (unpaired) electrons. The Morgan fingerprint density at radius 2 is 1.75 bits per heavy atom. The first-order chi connectivity index (χ1) is 7.58. The predicted octanol–water partition coefficient (Wildman–Crippen LogP) is 2.31. The summed E-state index contributed by atoms with van der Waals surface area (Å²) >= 11 is 0. The molecule has 3 heteroatoms. The van der Waals surface area contributed by atoms with Gasteiger partial charge in [0.15, 0.2) is 0 Å². The van der Waals surface area contributed by atoms with Crippen molar-refractivity contribution in [3.05, 3.63) is 0 Å². The minimum atomic E-state index is 0.270. The number of rotatable bonds is 9. The Bertz CT molecular complexity index is 162. The molecule has 98 valence electrons. The first kappa shape index (κ1) is 15.9. The highest BCUT2D eigenvalue weighted by atomic mass is 16.5. The van der Waals surface area contributed by atoms with Crippen LogP contribution in [0.25, 0.3) is 0 Å². The molecule has 3 nitrogen and oxygen atoms in total. The van der Waals surface area contributed by atoms with E-state index in [2.05, 4.69) is 33.0 Å². The molecule has 0 spiro atoms. The molecule has 0 saturated heterocycles. The SMILES string of the molecule is CCNC(C(C)CCOC)C(OC)C(C)C. The normalized spacial score (nSPS) is 17.4. The zero-order valence-electron chi connectivity index (χ0n) is 11.7. The van der Waals surface area contributed by atoms with E-state index in [0.29, 0.717) is 17.9 Å². The van der Waals surface area contributed by atoms with Gasteiger partial charge in [-0.05, 0) is 24.8 Å². The molecular formula is C13H29NO2. The molecule has 0 heterocycles. The predicted molar refractivity (Wildman–Crippen MR) is 68.8 cm³/mol. The van der Waals surface area contributed by atoms with Gasteiger partial charge in [0.05, 0.1) is 6.10 Å². The second-order valence-corrected chi connectivity index (χ2v) is 4.79. The molecule has 1 N–H and O–H groups in total. The Hall–Kier alpha value is -0.120. The van der Waals surface area contributed by atoms with E-state index in [-0.39, 0.29) is 6.10 Å². The summed E-state index contributed by atoms with van der Waals surface area (Å²) in [5.74, 6) is 1.09. The van der Waals surface area contributed by atoms with Crippen molar-refractivity contribution in [1.29, 1.82) is 0 Å². The molecule has 0 aliphatic rings. The van der Waals surface area contributed by atoms with E-state index in [4.69, 9.17) is 9.47 Å². The molecule has 0 aromatic rings. The summed E-state index contributed by atoms with van der Waals surface area (Å²) in [6, 6.07) is 0.408. The average Bonchev–Trinajstić information content (AvgIpc) is 2.25. The summed E-state index contributed by atoms with van der Waals surface area (Å²) < 4.78 is 10.8. The molecule has 0 amide bonds. The lowest BCUT2D eigenvalue weighted by atomic mass is 9.88. The van der Waals surface area contributed by atoms with Crippen LogP contribution in [0.15, 0.2) is 0 Å². The Morgan fingerprint density at radius 3 is 2.12 bits per heavy atom. The summed E-state index contributed by atoms with van der Waals surface area (Å²) in [4.78, 5) is 0. The van der Waals surface area contributed by atoms with Gasteiger partial charge in [-0.2, -0.15) is 0 Å². The molecule has 16 heavy (non-hydrogen) atoms. The lowest BCUT2D eigenvalue weighted by Crippen LogP contribution is -2.48. The highest BCUT2D eigenvalue weighted by Gasteiger charge is 2.28. The van der Waals surface area contributed by atoms with Gasteiger partial charge in [-0.25, -0.2) is 0 Å². The van der Waals surface area contributed by atoms with E-state index in [1.54, 1.807) is 14.2 Å². The number of methoxy groups -OCH3 is 2. The molecule has 0 fully saturated rings. The van der Waals surface area contributed by atoms with E-state index in [9.17, 15) is 0 Å². The Labute approximate surface area is 101 Å². The standard InChI is InChI=1S/C13H29NO2/c1-7-14-12(11(4)8-9-15-5)13(16-6)10(2)3/h10-14H,7-9H2,1-6H3. The van der Waals surface area contributed by atoms with Crippen molar-refractivity contribution in [2.75, 3.05) is 27.4 Å². The quantitative estimate of drug-likeness (QED) is 0.660. The zero-order chi connectivity index (χ0) is 12.6. The first-order valence-electron chi connectivity index (χ1n) is 6.33.